The number of hydrogen-bond donors (Lipinski definition) is 1. The van der Waals surface area contributed by atoms with Gasteiger partial charge in [0.1, 0.15) is 0 Å². The molecule has 2 saturated heterocycles. The number of nitrogens with two attached hydrogens (primary N) is 1. The quantitative estimate of drug-likeness (QED) is 0.664. The predicted molar refractivity (Wildman–Crippen MR) is 50.6 cm³/mol. The molecule has 2 unspecified atom stereocenters. The lowest BCUT2D eigenvalue weighted by Crippen LogP contribution is -2.31. The van der Waals surface area contributed by atoms with Crippen LogP contribution in [0.15, 0.2) is 0 Å². The van der Waals surface area contributed by atoms with Gasteiger partial charge in [-0.15, -0.1) is 0 Å². The van der Waals surface area contributed by atoms with Crippen LogP contribution < -0.4 is 5.73 Å². The average molecular weight is 185 g/mol. The van der Waals surface area contributed by atoms with Crippen molar-refractivity contribution in [1.29, 1.82) is 0 Å². The van der Waals surface area contributed by atoms with E-state index in [4.69, 9.17) is 15.2 Å². The Bertz CT molecular complexity index is 164. The molecule has 2 fully saturated rings. The van der Waals surface area contributed by atoms with E-state index >= 15 is 0 Å². The molecule has 0 bridgehead atoms. The van der Waals surface area contributed by atoms with Gasteiger partial charge < -0.3 is 15.2 Å². The minimum Gasteiger partial charge on any atom is -0.381 e. The summed E-state index contributed by atoms with van der Waals surface area (Å²) in [7, 11) is 0. The fourth-order valence-corrected chi connectivity index (χ4v) is 2.41. The van der Waals surface area contributed by atoms with Gasteiger partial charge in [0.15, 0.2) is 0 Å². The summed E-state index contributed by atoms with van der Waals surface area (Å²) < 4.78 is 11.5. The number of ether oxygens (including phenoxy) is 2. The largest absolute Gasteiger partial charge is 0.381 e. The van der Waals surface area contributed by atoms with Crippen LogP contribution in [-0.2, 0) is 9.47 Å². The second-order valence-electron chi connectivity index (χ2n) is 4.16. The Hall–Kier alpha value is -0.120. The van der Waals surface area contributed by atoms with Crippen molar-refractivity contribution >= 4 is 0 Å². The minimum atomic E-state index is 0.126. The zero-order valence-electron chi connectivity index (χ0n) is 8.13. The van der Waals surface area contributed by atoms with Crippen LogP contribution in [0, 0.1) is 0 Å². The summed E-state index contributed by atoms with van der Waals surface area (Å²) in [4.78, 5) is 0. The summed E-state index contributed by atoms with van der Waals surface area (Å²) in [6, 6.07) is 0. The highest BCUT2D eigenvalue weighted by Crippen LogP contribution is 2.37. The van der Waals surface area contributed by atoms with Crippen LogP contribution in [0.25, 0.3) is 0 Å². The molecule has 2 heterocycles. The van der Waals surface area contributed by atoms with Crippen molar-refractivity contribution in [1.82, 2.24) is 0 Å². The highest BCUT2D eigenvalue weighted by atomic mass is 16.5. The first-order valence-corrected chi connectivity index (χ1v) is 5.30. The van der Waals surface area contributed by atoms with Crippen LogP contribution in [0.4, 0.5) is 0 Å². The molecule has 0 radical (unpaired) electrons. The van der Waals surface area contributed by atoms with E-state index in [-0.39, 0.29) is 5.60 Å². The van der Waals surface area contributed by atoms with Crippen LogP contribution in [-0.4, -0.2) is 31.5 Å². The Labute approximate surface area is 79.6 Å². The molecule has 2 N–H and O–H groups in total. The van der Waals surface area contributed by atoms with Crippen molar-refractivity contribution in [3.8, 4) is 0 Å². The Balaban J connectivity index is 1.95. The van der Waals surface area contributed by atoms with Crippen LogP contribution in [0.2, 0.25) is 0 Å². The van der Waals surface area contributed by atoms with Gasteiger partial charge in [0.05, 0.1) is 11.7 Å². The summed E-state index contributed by atoms with van der Waals surface area (Å²) in [5.41, 5.74) is 5.73. The molecule has 13 heavy (non-hydrogen) atoms. The Morgan fingerprint density at radius 3 is 2.92 bits per heavy atom. The molecule has 3 heteroatoms. The normalized spacial score (nSPS) is 40.8. The highest BCUT2D eigenvalue weighted by molar-refractivity contribution is 4.90. The van der Waals surface area contributed by atoms with Crippen molar-refractivity contribution in [3.05, 3.63) is 0 Å². The molecule has 2 aliphatic heterocycles. The van der Waals surface area contributed by atoms with Crippen LogP contribution in [0.1, 0.15) is 32.1 Å². The van der Waals surface area contributed by atoms with Gasteiger partial charge in [-0.2, -0.15) is 0 Å². The highest BCUT2D eigenvalue weighted by Gasteiger charge is 2.39. The van der Waals surface area contributed by atoms with E-state index in [2.05, 4.69) is 0 Å². The maximum absolute atomic E-state index is 6.01. The maximum atomic E-state index is 6.01. The van der Waals surface area contributed by atoms with Crippen molar-refractivity contribution in [3.63, 3.8) is 0 Å². The van der Waals surface area contributed by atoms with Gasteiger partial charge in [0.2, 0.25) is 0 Å². The molecule has 0 aromatic heterocycles. The second-order valence-corrected chi connectivity index (χ2v) is 4.16. The van der Waals surface area contributed by atoms with E-state index < -0.39 is 0 Å². The average Bonchev–Trinajstić information content (AvgIpc) is 2.40. The SMILES string of the molecule is NCC1CCC2(CCCOCC2)O1. The summed E-state index contributed by atoms with van der Waals surface area (Å²) in [6.07, 6.45) is 5.97. The minimum absolute atomic E-state index is 0.126. The monoisotopic (exact) mass is 185 g/mol. The van der Waals surface area contributed by atoms with E-state index in [0.717, 1.165) is 38.9 Å². The van der Waals surface area contributed by atoms with Crippen molar-refractivity contribution in [2.24, 2.45) is 5.73 Å². The van der Waals surface area contributed by atoms with Gasteiger partial charge >= 0.3 is 0 Å². The van der Waals surface area contributed by atoms with Crippen LogP contribution >= 0.6 is 0 Å². The Morgan fingerprint density at radius 2 is 2.15 bits per heavy atom. The van der Waals surface area contributed by atoms with Gasteiger partial charge in [-0.25, -0.2) is 0 Å². The summed E-state index contributed by atoms with van der Waals surface area (Å²) >= 11 is 0. The first-order chi connectivity index (χ1) is 6.35. The van der Waals surface area contributed by atoms with Crippen molar-refractivity contribution < 1.29 is 9.47 Å². The van der Waals surface area contributed by atoms with Crippen molar-refractivity contribution in [2.75, 3.05) is 19.8 Å². The third-order valence-corrected chi connectivity index (χ3v) is 3.22. The first kappa shape index (κ1) is 9.44. The summed E-state index contributed by atoms with van der Waals surface area (Å²) in [5, 5.41) is 0. The molecular formula is C10H19NO2. The van der Waals surface area contributed by atoms with Gasteiger partial charge in [-0.05, 0) is 32.1 Å². The van der Waals surface area contributed by atoms with Crippen LogP contribution in [0.5, 0.6) is 0 Å². The lowest BCUT2D eigenvalue weighted by Gasteiger charge is -2.27. The fraction of sp³-hybridized carbons (Fsp3) is 1.00. The molecule has 0 aliphatic carbocycles. The van der Waals surface area contributed by atoms with Crippen molar-refractivity contribution in [2.45, 2.75) is 43.8 Å². The molecule has 2 aliphatic rings. The standard InChI is InChI=1S/C10H19NO2/c11-8-9-2-4-10(13-9)3-1-6-12-7-5-10/h9H,1-8,11H2. The molecule has 76 valence electrons. The Kier molecular flexibility index (Phi) is 2.86. The van der Waals surface area contributed by atoms with Gasteiger partial charge in [-0.3, -0.25) is 0 Å². The molecule has 0 saturated carbocycles. The molecule has 0 aromatic carbocycles. The summed E-state index contributed by atoms with van der Waals surface area (Å²) in [6.45, 7) is 2.43. The first-order valence-electron chi connectivity index (χ1n) is 5.30. The third-order valence-electron chi connectivity index (χ3n) is 3.22. The molecule has 1 spiro atoms. The number of rotatable bonds is 1. The van der Waals surface area contributed by atoms with Crippen LogP contribution in [0.3, 0.4) is 0 Å². The molecule has 0 aromatic rings. The smallest absolute Gasteiger partial charge is 0.0710 e. The zero-order valence-corrected chi connectivity index (χ0v) is 8.13. The fourth-order valence-electron chi connectivity index (χ4n) is 2.41. The summed E-state index contributed by atoms with van der Waals surface area (Å²) in [5.74, 6) is 0. The van der Waals surface area contributed by atoms with E-state index in [1.807, 2.05) is 0 Å². The molecule has 2 atom stereocenters. The lowest BCUT2D eigenvalue weighted by molar-refractivity contribution is -0.0492. The van der Waals surface area contributed by atoms with E-state index in [1.54, 1.807) is 0 Å². The second kappa shape index (κ2) is 3.95. The van der Waals surface area contributed by atoms with E-state index in [1.165, 1.54) is 6.42 Å². The van der Waals surface area contributed by atoms with Gasteiger partial charge in [-0.1, -0.05) is 0 Å². The molecule has 2 rings (SSSR count). The topological polar surface area (TPSA) is 44.5 Å². The van der Waals surface area contributed by atoms with E-state index in [9.17, 15) is 0 Å². The van der Waals surface area contributed by atoms with E-state index in [0.29, 0.717) is 12.6 Å². The van der Waals surface area contributed by atoms with Gasteiger partial charge in [0.25, 0.3) is 0 Å². The third kappa shape index (κ3) is 2.03. The molecule has 0 amide bonds. The van der Waals surface area contributed by atoms with Gasteiger partial charge in [0, 0.05) is 19.8 Å². The zero-order chi connectivity index (χ0) is 9.15. The lowest BCUT2D eigenvalue weighted by atomic mass is 9.91. The molecule has 3 nitrogen and oxygen atoms in total. The number of hydrogen-bond acceptors (Lipinski definition) is 3. The Morgan fingerprint density at radius 1 is 1.23 bits per heavy atom. The maximum Gasteiger partial charge on any atom is 0.0710 e. The molecular weight excluding hydrogens is 166 g/mol. The predicted octanol–water partition coefficient (Wildman–Crippen LogP) is 1.06.